The highest BCUT2D eigenvalue weighted by molar-refractivity contribution is 9.09. The van der Waals surface area contributed by atoms with E-state index in [4.69, 9.17) is 0 Å². The van der Waals surface area contributed by atoms with Crippen molar-refractivity contribution in [1.29, 1.82) is 0 Å². The predicted molar refractivity (Wildman–Crippen MR) is 81.3 cm³/mol. The Labute approximate surface area is 119 Å². The van der Waals surface area contributed by atoms with E-state index in [-0.39, 0.29) is 16.9 Å². The Morgan fingerprint density at radius 2 is 1.83 bits per heavy atom. The Morgan fingerprint density at radius 3 is 2.33 bits per heavy atom. The van der Waals surface area contributed by atoms with Gasteiger partial charge >= 0.3 is 0 Å². The topological polar surface area (TPSA) is 34.1 Å². The van der Waals surface area contributed by atoms with E-state index in [0.717, 1.165) is 5.33 Å². The van der Waals surface area contributed by atoms with E-state index in [1.54, 1.807) is 13.8 Å². The van der Waals surface area contributed by atoms with Gasteiger partial charge in [-0.15, -0.1) is 0 Å². The van der Waals surface area contributed by atoms with Crippen LogP contribution in [0.15, 0.2) is 24.3 Å². The fourth-order valence-electron chi connectivity index (χ4n) is 1.90. The minimum Gasteiger partial charge on any atom is -0.229 e. The summed E-state index contributed by atoms with van der Waals surface area (Å²) in [7, 11) is -2.95. The molecule has 0 aliphatic heterocycles. The van der Waals surface area contributed by atoms with E-state index >= 15 is 0 Å². The van der Waals surface area contributed by atoms with E-state index in [1.807, 2.05) is 12.1 Å². The van der Waals surface area contributed by atoms with Gasteiger partial charge in [0, 0.05) is 5.33 Å². The molecule has 0 aromatic heterocycles. The van der Waals surface area contributed by atoms with Crippen molar-refractivity contribution < 1.29 is 8.42 Å². The van der Waals surface area contributed by atoms with Crippen molar-refractivity contribution in [3.63, 3.8) is 0 Å². The van der Waals surface area contributed by atoms with E-state index in [9.17, 15) is 8.42 Å². The Hall–Kier alpha value is -0.350. The first-order valence-corrected chi connectivity index (χ1v) is 9.05. The van der Waals surface area contributed by atoms with Gasteiger partial charge in [-0.05, 0) is 44.2 Å². The summed E-state index contributed by atoms with van der Waals surface area (Å²) in [6, 6.07) is 8.18. The quantitative estimate of drug-likeness (QED) is 0.744. The van der Waals surface area contributed by atoms with Crippen LogP contribution in [0, 0.1) is 6.92 Å². The van der Waals surface area contributed by atoms with Crippen LogP contribution in [0.3, 0.4) is 0 Å². The molecule has 1 aromatic carbocycles. The summed E-state index contributed by atoms with van der Waals surface area (Å²) < 4.78 is 23.7. The van der Waals surface area contributed by atoms with E-state index in [0.29, 0.717) is 6.42 Å². The zero-order valence-corrected chi connectivity index (χ0v) is 13.6. The molecule has 0 amide bonds. The third kappa shape index (κ3) is 4.09. The lowest BCUT2D eigenvalue weighted by Gasteiger charge is -2.17. The van der Waals surface area contributed by atoms with Crippen LogP contribution in [0.5, 0.6) is 0 Å². The number of alkyl halides is 1. The number of aryl methyl sites for hydroxylation is 1. The van der Waals surface area contributed by atoms with Crippen LogP contribution in [-0.4, -0.2) is 24.8 Å². The number of rotatable bonds is 6. The molecular weight excluding hydrogens is 312 g/mol. The maximum absolute atomic E-state index is 11.9. The standard InChI is InChI=1S/C14H21BrO2S/c1-11(2)18(16,17)9-8-13(10-15)14-7-5-4-6-12(14)3/h4-7,11,13H,8-10H2,1-3H3. The second-order valence-electron chi connectivity index (χ2n) is 4.91. The van der Waals surface area contributed by atoms with Gasteiger partial charge in [-0.1, -0.05) is 40.2 Å². The van der Waals surface area contributed by atoms with Crippen molar-refractivity contribution in [1.82, 2.24) is 0 Å². The van der Waals surface area contributed by atoms with Gasteiger partial charge in [0.25, 0.3) is 0 Å². The second-order valence-corrected chi connectivity index (χ2v) is 8.24. The lowest BCUT2D eigenvalue weighted by molar-refractivity contribution is 0.580. The van der Waals surface area contributed by atoms with Gasteiger partial charge in [0.1, 0.15) is 0 Å². The minimum atomic E-state index is -2.95. The number of benzene rings is 1. The maximum Gasteiger partial charge on any atom is 0.152 e. The lowest BCUT2D eigenvalue weighted by Crippen LogP contribution is -2.20. The average molecular weight is 333 g/mol. The first kappa shape index (κ1) is 15.7. The molecule has 0 saturated carbocycles. The molecule has 0 saturated heterocycles. The Morgan fingerprint density at radius 1 is 1.22 bits per heavy atom. The van der Waals surface area contributed by atoms with Crippen LogP contribution in [0.4, 0.5) is 0 Å². The lowest BCUT2D eigenvalue weighted by atomic mass is 9.94. The molecule has 102 valence electrons. The fourth-order valence-corrected chi connectivity index (χ4v) is 3.66. The smallest absolute Gasteiger partial charge is 0.152 e. The van der Waals surface area contributed by atoms with E-state index in [1.165, 1.54) is 11.1 Å². The van der Waals surface area contributed by atoms with Crippen molar-refractivity contribution in [2.75, 3.05) is 11.1 Å². The summed E-state index contributed by atoms with van der Waals surface area (Å²) >= 11 is 3.50. The Kier molecular flexibility index (Phi) is 5.86. The fraction of sp³-hybridized carbons (Fsp3) is 0.571. The van der Waals surface area contributed by atoms with E-state index < -0.39 is 9.84 Å². The zero-order valence-electron chi connectivity index (χ0n) is 11.2. The van der Waals surface area contributed by atoms with Gasteiger partial charge in [0.15, 0.2) is 9.84 Å². The molecule has 1 rings (SSSR count). The third-order valence-electron chi connectivity index (χ3n) is 3.28. The molecule has 1 aromatic rings. The summed E-state index contributed by atoms with van der Waals surface area (Å²) in [6.07, 6.45) is 0.677. The molecule has 0 fully saturated rings. The molecule has 1 unspecified atom stereocenters. The molecule has 0 aliphatic carbocycles. The Balaban J connectivity index is 2.79. The minimum absolute atomic E-state index is 0.259. The van der Waals surface area contributed by atoms with Gasteiger partial charge in [0.05, 0.1) is 11.0 Å². The molecule has 2 nitrogen and oxygen atoms in total. The molecule has 0 radical (unpaired) electrons. The summed E-state index contributed by atoms with van der Waals surface area (Å²) in [5.74, 6) is 0.523. The van der Waals surface area contributed by atoms with Crippen LogP contribution in [0.2, 0.25) is 0 Å². The number of hydrogen-bond acceptors (Lipinski definition) is 2. The number of hydrogen-bond donors (Lipinski definition) is 0. The van der Waals surface area contributed by atoms with Crippen molar-refractivity contribution in [2.24, 2.45) is 0 Å². The normalized spacial score (nSPS) is 13.8. The zero-order chi connectivity index (χ0) is 13.8. The van der Waals surface area contributed by atoms with Crippen LogP contribution in [0.1, 0.15) is 37.3 Å². The SMILES string of the molecule is Cc1ccccc1C(CBr)CCS(=O)(=O)C(C)C. The summed E-state index contributed by atoms with van der Waals surface area (Å²) in [4.78, 5) is 0. The molecule has 18 heavy (non-hydrogen) atoms. The maximum atomic E-state index is 11.9. The van der Waals surface area contributed by atoms with Crippen LogP contribution in [-0.2, 0) is 9.84 Å². The van der Waals surface area contributed by atoms with Crippen molar-refractivity contribution in [2.45, 2.75) is 38.4 Å². The highest BCUT2D eigenvalue weighted by atomic mass is 79.9. The van der Waals surface area contributed by atoms with Gasteiger partial charge in [-0.3, -0.25) is 0 Å². The van der Waals surface area contributed by atoms with Gasteiger partial charge in [-0.25, -0.2) is 8.42 Å². The largest absolute Gasteiger partial charge is 0.229 e. The van der Waals surface area contributed by atoms with Crippen molar-refractivity contribution in [3.8, 4) is 0 Å². The highest BCUT2D eigenvalue weighted by Gasteiger charge is 2.20. The molecular formula is C14H21BrO2S. The number of sulfone groups is 1. The first-order chi connectivity index (χ1) is 8.38. The van der Waals surface area contributed by atoms with Crippen LogP contribution in [0.25, 0.3) is 0 Å². The molecule has 1 atom stereocenters. The molecule has 0 bridgehead atoms. The summed E-state index contributed by atoms with van der Waals surface area (Å²) in [5.41, 5.74) is 2.47. The second kappa shape index (κ2) is 6.71. The van der Waals surface area contributed by atoms with Crippen LogP contribution < -0.4 is 0 Å². The summed E-state index contributed by atoms with van der Waals surface area (Å²) in [5, 5.41) is 0.510. The van der Waals surface area contributed by atoms with Gasteiger partial charge < -0.3 is 0 Å². The van der Waals surface area contributed by atoms with E-state index in [2.05, 4.69) is 35.0 Å². The monoisotopic (exact) mass is 332 g/mol. The van der Waals surface area contributed by atoms with Crippen LogP contribution >= 0.6 is 15.9 Å². The van der Waals surface area contributed by atoms with Gasteiger partial charge in [0.2, 0.25) is 0 Å². The molecule has 4 heteroatoms. The van der Waals surface area contributed by atoms with Gasteiger partial charge in [-0.2, -0.15) is 0 Å². The third-order valence-corrected chi connectivity index (χ3v) is 6.31. The summed E-state index contributed by atoms with van der Waals surface area (Å²) in [6.45, 7) is 5.56. The molecule has 0 N–H and O–H groups in total. The molecule has 0 heterocycles. The number of halogens is 1. The van der Waals surface area contributed by atoms with Crippen molar-refractivity contribution >= 4 is 25.8 Å². The molecule has 0 aliphatic rings. The predicted octanol–water partition coefficient (Wildman–Crippen LogP) is 3.69. The first-order valence-electron chi connectivity index (χ1n) is 6.21. The molecule has 0 spiro atoms. The highest BCUT2D eigenvalue weighted by Crippen LogP contribution is 2.26. The Bertz CT molecular complexity index is 480. The average Bonchev–Trinajstić information content (AvgIpc) is 2.31. The van der Waals surface area contributed by atoms with Crippen molar-refractivity contribution in [3.05, 3.63) is 35.4 Å².